The van der Waals surface area contributed by atoms with Crippen molar-refractivity contribution in [2.75, 3.05) is 25.9 Å². The minimum absolute atomic E-state index is 0.0436. The zero-order valence-corrected chi connectivity index (χ0v) is 12.3. The summed E-state index contributed by atoms with van der Waals surface area (Å²) in [5.74, 6) is 0.0436. The molecule has 0 aromatic carbocycles. The standard InChI is InChI=1S/C14H24N4O/c1-5-6-16-13(19)9-18(4)8-12-11(3)14(15)10(2)7-17-12/h7H,5-6,8-9H2,1-4H3,(H2,15,17)(H,16,19). The number of nitrogens with one attached hydrogen (secondary N) is 1. The van der Waals surface area contributed by atoms with Crippen LogP contribution in [0.2, 0.25) is 0 Å². The number of hydrogen-bond donors (Lipinski definition) is 2. The molecule has 0 saturated carbocycles. The fraction of sp³-hybridized carbons (Fsp3) is 0.571. The monoisotopic (exact) mass is 264 g/mol. The van der Waals surface area contributed by atoms with Crippen LogP contribution in [0.4, 0.5) is 5.69 Å². The maximum Gasteiger partial charge on any atom is 0.234 e. The maximum absolute atomic E-state index is 11.6. The highest BCUT2D eigenvalue weighted by Crippen LogP contribution is 2.18. The first-order chi connectivity index (χ1) is 8.95. The fourth-order valence-corrected chi connectivity index (χ4v) is 1.83. The number of hydrogen-bond acceptors (Lipinski definition) is 4. The molecule has 1 rings (SSSR count). The van der Waals surface area contributed by atoms with Gasteiger partial charge in [0, 0.05) is 25.0 Å². The number of likely N-dealkylation sites (N-methyl/N-ethyl adjacent to an activating group) is 1. The Kier molecular flexibility index (Phi) is 5.76. The van der Waals surface area contributed by atoms with Gasteiger partial charge in [0.2, 0.25) is 5.91 Å². The highest BCUT2D eigenvalue weighted by atomic mass is 16.2. The average Bonchev–Trinajstić information content (AvgIpc) is 2.37. The van der Waals surface area contributed by atoms with Crippen molar-refractivity contribution in [3.05, 3.63) is 23.0 Å². The summed E-state index contributed by atoms with van der Waals surface area (Å²) in [6, 6.07) is 0. The fourth-order valence-electron chi connectivity index (χ4n) is 1.83. The van der Waals surface area contributed by atoms with Crippen molar-refractivity contribution in [2.24, 2.45) is 0 Å². The van der Waals surface area contributed by atoms with E-state index in [-0.39, 0.29) is 5.91 Å². The molecule has 5 heteroatoms. The highest BCUT2D eigenvalue weighted by molar-refractivity contribution is 5.77. The molecule has 5 nitrogen and oxygen atoms in total. The first kappa shape index (κ1) is 15.4. The zero-order chi connectivity index (χ0) is 14.4. The van der Waals surface area contributed by atoms with Crippen LogP contribution in [-0.4, -0.2) is 35.9 Å². The van der Waals surface area contributed by atoms with Crippen LogP contribution in [0.5, 0.6) is 0 Å². The van der Waals surface area contributed by atoms with Crippen LogP contribution in [0.1, 0.15) is 30.2 Å². The van der Waals surface area contributed by atoms with Gasteiger partial charge in [0.25, 0.3) is 0 Å². The van der Waals surface area contributed by atoms with Gasteiger partial charge in [-0.25, -0.2) is 0 Å². The predicted octanol–water partition coefficient (Wildman–Crippen LogP) is 1.24. The van der Waals surface area contributed by atoms with Crippen LogP contribution in [-0.2, 0) is 11.3 Å². The van der Waals surface area contributed by atoms with Crippen molar-refractivity contribution in [1.82, 2.24) is 15.2 Å². The number of aryl methyl sites for hydroxylation is 1. The lowest BCUT2D eigenvalue weighted by Gasteiger charge is -2.18. The molecule has 106 valence electrons. The average molecular weight is 264 g/mol. The third-order valence-electron chi connectivity index (χ3n) is 3.08. The van der Waals surface area contributed by atoms with Crippen LogP contribution >= 0.6 is 0 Å². The largest absolute Gasteiger partial charge is 0.398 e. The van der Waals surface area contributed by atoms with Gasteiger partial charge in [-0.1, -0.05) is 6.92 Å². The molecular formula is C14H24N4O. The number of rotatable bonds is 6. The number of carbonyl (C=O) groups excluding carboxylic acids is 1. The first-order valence-electron chi connectivity index (χ1n) is 6.61. The van der Waals surface area contributed by atoms with E-state index < -0.39 is 0 Å². The number of nitrogens with zero attached hydrogens (tertiary/aromatic N) is 2. The van der Waals surface area contributed by atoms with Crippen molar-refractivity contribution in [2.45, 2.75) is 33.7 Å². The van der Waals surface area contributed by atoms with Crippen molar-refractivity contribution in [3.63, 3.8) is 0 Å². The number of nitrogens with two attached hydrogens (primary N) is 1. The van der Waals surface area contributed by atoms with Crippen molar-refractivity contribution in [3.8, 4) is 0 Å². The molecule has 1 aromatic heterocycles. The van der Waals surface area contributed by atoms with Gasteiger partial charge < -0.3 is 11.1 Å². The SMILES string of the molecule is CCCNC(=O)CN(C)Cc1ncc(C)c(N)c1C. The molecule has 0 aliphatic carbocycles. The lowest BCUT2D eigenvalue weighted by Crippen LogP contribution is -2.35. The van der Waals surface area contributed by atoms with Crippen molar-refractivity contribution >= 4 is 11.6 Å². The molecule has 0 atom stereocenters. The van der Waals surface area contributed by atoms with Gasteiger partial charge in [0.05, 0.1) is 12.2 Å². The Labute approximate surface area is 115 Å². The molecule has 0 unspecified atom stereocenters. The second kappa shape index (κ2) is 7.09. The van der Waals surface area contributed by atoms with Crippen molar-refractivity contribution in [1.29, 1.82) is 0 Å². The number of pyridine rings is 1. The van der Waals surface area contributed by atoms with Gasteiger partial charge in [-0.2, -0.15) is 0 Å². The normalized spacial score (nSPS) is 10.8. The summed E-state index contributed by atoms with van der Waals surface area (Å²) in [7, 11) is 1.91. The Hall–Kier alpha value is -1.62. The first-order valence-corrected chi connectivity index (χ1v) is 6.61. The molecule has 19 heavy (non-hydrogen) atoms. The summed E-state index contributed by atoms with van der Waals surface area (Å²) in [5, 5.41) is 2.86. The van der Waals surface area contributed by atoms with E-state index in [0.29, 0.717) is 13.1 Å². The van der Waals surface area contributed by atoms with Gasteiger partial charge >= 0.3 is 0 Å². The minimum atomic E-state index is 0.0436. The van der Waals surface area contributed by atoms with Gasteiger partial charge in [0.1, 0.15) is 0 Å². The maximum atomic E-state index is 11.6. The molecule has 0 fully saturated rings. The molecule has 3 N–H and O–H groups in total. The van der Waals surface area contributed by atoms with Crippen LogP contribution in [0.25, 0.3) is 0 Å². The third kappa shape index (κ3) is 4.52. The molecule has 1 amide bonds. The van der Waals surface area contributed by atoms with Crippen LogP contribution < -0.4 is 11.1 Å². The molecule has 0 spiro atoms. The number of aromatic nitrogens is 1. The lowest BCUT2D eigenvalue weighted by atomic mass is 10.1. The van der Waals surface area contributed by atoms with Crippen LogP contribution in [0.15, 0.2) is 6.20 Å². The predicted molar refractivity (Wildman–Crippen MR) is 77.8 cm³/mol. The highest BCUT2D eigenvalue weighted by Gasteiger charge is 2.11. The molecule has 1 heterocycles. The number of carbonyl (C=O) groups is 1. The van der Waals surface area contributed by atoms with E-state index in [0.717, 1.165) is 35.5 Å². The van der Waals surface area contributed by atoms with E-state index in [1.54, 1.807) is 6.20 Å². The van der Waals surface area contributed by atoms with Crippen LogP contribution in [0, 0.1) is 13.8 Å². The molecular weight excluding hydrogens is 240 g/mol. The van der Waals surface area contributed by atoms with Gasteiger partial charge in [-0.05, 0) is 38.4 Å². The molecule has 0 aliphatic rings. The quantitative estimate of drug-likeness (QED) is 0.811. The molecule has 0 saturated heterocycles. The van der Waals surface area contributed by atoms with E-state index in [1.165, 1.54) is 0 Å². The number of nitrogen functional groups attached to an aromatic ring is 1. The Morgan fingerprint density at radius 2 is 2.16 bits per heavy atom. The van der Waals surface area contributed by atoms with E-state index in [9.17, 15) is 4.79 Å². The summed E-state index contributed by atoms with van der Waals surface area (Å²) >= 11 is 0. The lowest BCUT2D eigenvalue weighted by molar-refractivity contribution is -0.122. The topological polar surface area (TPSA) is 71.2 Å². The van der Waals surface area contributed by atoms with Gasteiger partial charge in [0.15, 0.2) is 0 Å². The van der Waals surface area contributed by atoms with E-state index in [4.69, 9.17) is 5.73 Å². The summed E-state index contributed by atoms with van der Waals surface area (Å²) in [6.07, 6.45) is 2.73. The smallest absolute Gasteiger partial charge is 0.234 e. The van der Waals surface area contributed by atoms with E-state index >= 15 is 0 Å². The molecule has 1 aromatic rings. The second-order valence-electron chi connectivity index (χ2n) is 4.95. The Balaban J connectivity index is 2.60. The summed E-state index contributed by atoms with van der Waals surface area (Å²) in [4.78, 5) is 17.9. The Morgan fingerprint density at radius 1 is 1.47 bits per heavy atom. The van der Waals surface area contributed by atoms with Gasteiger partial charge in [-0.15, -0.1) is 0 Å². The number of anilines is 1. The second-order valence-corrected chi connectivity index (χ2v) is 4.95. The summed E-state index contributed by atoms with van der Waals surface area (Å²) in [6.45, 7) is 7.66. The summed E-state index contributed by atoms with van der Waals surface area (Å²) < 4.78 is 0. The molecule has 0 radical (unpaired) electrons. The molecule has 0 aliphatic heterocycles. The van der Waals surface area contributed by atoms with E-state index in [1.807, 2.05) is 32.7 Å². The number of amides is 1. The Bertz CT molecular complexity index is 445. The van der Waals surface area contributed by atoms with E-state index in [2.05, 4.69) is 10.3 Å². The minimum Gasteiger partial charge on any atom is -0.398 e. The zero-order valence-electron chi connectivity index (χ0n) is 12.3. The van der Waals surface area contributed by atoms with Gasteiger partial charge in [-0.3, -0.25) is 14.7 Å². The molecule has 0 bridgehead atoms. The summed E-state index contributed by atoms with van der Waals surface area (Å²) in [5.41, 5.74) is 9.69. The third-order valence-corrected chi connectivity index (χ3v) is 3.08. The Morgan fingerprint density at radius 3 is 2.79 bits per heavy atom. The van der Waals surface area contributed by atoms with Crippen LogP contribution in [0.3, 0.4) is 0 Å². The van der Waals surface area contributed by atoms with Crippen molar-refractivity contribution < 1.29 is 4.79 Å².